The number of hydrogen-bond donors (Lipinski definition) is 0. The smallest absolute Gasteiger partial charge is 0.401 e. The molecule has 6 heteroatoms. The van der Waals surface area contributed by atoms with E-state index in [9.17, 15) is 18.0 Å². The van der Waals surface area contributed by atoms with Crippen LogP contribution >= 0.6 is 0 Å². The number of carbonyl (C=O) groups is 1. The number of rotatable bonds is 0. The SMILES string of the molecule is C=C1OC(F)(F)OC(=O)C1F. The van der Waals surface area contributed by atoms with Crippen LogP contribution in [0.5, 0.6) is 0 Å². The minimum atomic E-state index is -4.09. The van der Waals surface area contributed by atoms with Crippen molar-refractivity contribution >= 4 is 5.97 Å². The lowest BCUT2D eigenvalue weighted by atomic mass is 10.3. The van der Waals surface area contributed by atoms with Crippen molar-refractivity contribution in [3.8, 4) is 0 Å². The van der Waals surface area contributed by atoms with Crippen molar-refractivity contribution in [2.45, 2.75) is 12.5 Å². The van der Waals surface area contributed by atoms with E-state index < -0.39 is 24.2 Å². The summed E-state index contributed by atoms with van der Waals surface area (Å²) >= 11 is 0. The lowest BCUT2D eigenvalue weighted by Gasteiger charge is -2.24. The molecule has 0 saturated carbocycles. The van der Waals surface area contributed by atoms with Gasteiger partial charge in [-0.05, 0) is 0 Å². The Morgan fingerprint density at radius 3 is 2.45 bits per heavy atom. The Morgan fingerprint density at radius 2 is 2.00 bits per heavy atom. The molecular weight excluding hydrogens is 165 g/mol. The van der Waals surface area contributed by atoms with Crippen LogP contribution in [0.1, 0.15) is 0 Å². The standard InChI is InChI=1S/C5H3F3O3/c1-2-3(6)4(9)11-5(7,8)10-2/h3H,1H2. The van der Waals surface area contributed by atoms with Crippen LogP contribution in [-0.4, -0.2) is 18.4 Å². The molecule has 62 valence electrons. The van der Waals surface area contributed by atoms with Crippen LogP contribution < -0.4 is 0 Å². The molecule has 0 bridgehead atoms. The maximum Gasteiger partial charge on any atom is 0.588 e. The molecule has 0 radical (unpaired) electrons. The number of carbonyl (C=O) groups excluding carboxylic acids is 1. The zero-order valence-electron chi connectivity index (χ0n) is 5.14. The molecule has 0 aromatic heterocycles. The second-order valence-electron chi connectivity index (χ2n) is 1.82. The molecule has 11 heavy (non-hydrogen) atoms. The van der Waals surface area contributed by atoms with Crippen molar-refractivity contribution in [2.24, 2.45) is 0 Å². The Balaban J connectivity index is 2.78. The molecule has 1 aliphatic rings. The maximum absolute atomic E-state index is 12.3. The summed E-state index contributed by atoms with van der Waals surface area (Å²) in [5.74, 6) is -2.63. The molecule has 1 atom stereocenters. The van der Waals surface area contributed by atoms with Crippen molar-refractivity contribution in [3.05, 3.63) is 12.3 Å². The fraction of sp³-hybridized carbons (Fsp3) is 0.400. The number of esters is 1. The third-order valence-corrected chi connectivity index (χ3v) is 0.959. The van der Waals surface area contributed by atoms with E-state index in [0.717, 1.165) is 0 Å². The van der Waals surface area contributed by atoms with Crippen molar-refractivity contribution in [2.75, 3.05) is 0 Å². The highest BCUT2D eigenvalue weighted by Gasteiger charge is 2.48. The quantitative estimate of drug-likeness (QED) is 0.505. The van der Waals surface area contributed by atoms with Crippen LogP contribution in [0.25, 0.3) is 0 Å². The normalized spacial score (nSPS) is 29.2. The summed E-state index contributed by atoms with van der Waals surface area (Å²) in [6.45, 7) is 2.76. The Morgan fingerprint density at radius 1 is 1.45 bits per heavy atom. The van der Waals surface area contributed by atoms with Gasteiger partial charge in [-0.25, -0.2) is 9.18 Å². The van der Waals surface area contributed by atoms with E-state index in [1.54, 1.807) is 0 Å². The predicted molar refractivity (Wildman–Crippen MR) is 26.2 cm³/mol. The molecule has 1 unspecified atom stereocenters. The van der Waals surface area contributed by atoms with E-state index in [0.29, 0.717) is 0 Å². The predicted octanol–water partition coefficient (Wildman–Crippen LogP) is 0.962. The molecule has 0 amide bonds. The van der Waals surface area contributed by atoms with Gasteiger partial charge in [-0.15, -0.1) is 8.78 Å². The van der Waals surface area contributed by atoms with Gasteiger partial charge in [0.1, 0.15) is 5.76 Å². The highest BCUT2D eigenvalue weighted by molar-refractivity contribution is 5.78. The number of cyclic esters (lactones) is 1. The van der Waals surface area contributed by atoms with Gasteiger partial charge in [0, 0.05) is 0 Å². The van der Waals surface area contributed by atoms with Gasteiger partial charge in [0.15, 0.2) is 0 Å². The summed E-state index contributed by atoms with van der Waals surface area (Å²) in [7, 11) is 0. The first-order valence-corrected chi connectivity index (χ1v) is 2.55. The van der Waals surface area contributed by atoms with E-state index in [1.165, 1.54) is 0 Å². The van der Waals surface area contributed by atoms with Crippen LogP contribution in [0.4, 0.5) is 13.2 Å². The summed E-state index contributed by atoms with van der Waals surface area (Å²) in [5.41, 5.74) is 0. The Hall–Kier alpha value is -1.20. The van der Waals surface area contributed by atoms with Gasteiger partial charge >= 0.3 is 12.3 Å². The molecule has 1 saturated heterocycles. The van der Waals surface area contributed by atoms with E-state index in [-0.39, 0.29) is 0 Å². The third kappa shape index (κ3) is 1.44. The zero-order valence-corrected chi connectivity index (χ0v) is 5.14. The van der Waals surface area contributed by atoms with Gasteiger partial charge < -0.3 is 9.47 Å². The van der Waals surface area contributed by atoms with Gasteiger partial charge in [-0.1, -0.05) is 6.58 Å². The summed E-state index contributed by atoms with van der Waals surface area (Å²) in [4.78, 5) is 10.2. The van der Waals surface area contributed by atoms with E-state index >= 15 is 0 Å². The van der Waals surface area contributed by atoms with Crippen LogP contribution in [0.3, 0.4) is 0 Å². The number of hydrogen-bond acceptors (Lipinski definition) is 3. The fourth-order valence-electron chi connectivity index (χ4n) is 0.525. The molecule has 1 aliphatic heterocycles. The molecule has 1 rings (SSSR count). The lowest BCUT2D eigenvalue weighted by molar-refractivity contribution is -0.374. The van der Waals surface area contributed by atoms with E-state index in [4.69, 9.17) is 0 Å². The first kappa shape index (κ1) is 7.90. The largest absolute Gasteiger partial charge is 0.588 e. The fourth-order valence-corrected chi connectivity index (χ4v) is 0.525. The summed E-state index contributed by atoms with van der Waals surface area (Å²) in [6.07, 6.45) is -6.41. The first-order valence-electron chi connectivity index (χ1n) is 2.55. The van der Waals surface area contributed by atoms with Gasteiger partial charge in [0.05, 0.1) is 0 Å². The van der Waals surface area contributed by atoms with Crippen LogP contribution in [-0.2, 0) is 14.3 Å². The molecule has 0 N–H and O–H groups in total. The van der Waals surface area contributed by atoms with Gasteiger partial charge in [-0.3, -0.25) is 0 Å². The minimum absolute atomic E-state index is 0.939. The van der Waals surface area contributed by atoms with Gasteiger partial charge in [-0.2, -0.15) is 0 Å². The first-order chi connectivity index (χ1) is 4.92. The molecule has 0 aromatic rings. The highest BCUT2D eigenvalue weighted by atomic mass is 19.3. The molecule has 3 nitrogen and oxygen atoms in total. The summed E-state index contributed by atoms with van der Waals surface area (Å²) < 4.78 is 43.0. The van der Waals surface area contributed by atoms with Crippen LogP contribution in [0.15, 0.2) is 12.3 Å². The van der Waals surface area contributed by atoms with Crippen LogP contribution in [0.2, 0.25) is 0 Å². The molecule has 0 aliphatic carbocycles. The maximum atomic E-state index is 12.3. The van der Waals surface area contributed by atoms with Gasteiger partial charge in [0.25, 0.3) is 6.17 Å². The monoisotopic (exact) mass is 168 g/mol. The average Bonchev–Trinajstić information content (AvgIpc) is 1.81. The highest BCUT2D eigenvalue weighted by Crippen LogP contribution is 2.29. The Bertz CT molecular complexity index is 193. The second-order valence-corrected chi connectivity index (χ2v) is 1.82. The second kappa shape index (κ2) is 2.14. The Kier molecular flexibility index (Phi) is 1.54. The van der Waals surface area contributed by atoms with E-state index in [1.807, 2.05) is 0 Å². The number of alkyl halides is 3. The van der Waals surface area contributed by atoms with Crippen molar-refractivity contribution in [1.29, 1.82) is 0 Å². The van der Waals surface area contributed by atoms with Gasteiger partial charge in [0.2, 0.25) is 0 Å². The number of ether oxygens (including phenoxy) is 2. The van der Waals surface area contributed by atoms with Crippen LogP contribution in [0, 0.1) is 0 Å². The van der Waals surface area contributed by atoms with E-state index in [2.05, 4.69) is 16.1 Å². The van der Waals surface area contributed by atoms with Crippen molar-refractivity contribution < 1.29 is 27.4 Å². The molecule has 1 heterocycles. The minimum Gasteiger partial charge on any atom is -0.401 e. The topological polar surface area (TPSA) is 35.5 Å². The molecular formula is C5H3F3O3. The summed E-state index contributed by atoms with van der Waals surface area (Å²) in [6, 6.07) is 0. The third-order valence-electron chi connectivity index (χ3n) is 0.959. The van der Waals surface area contributed by atoms with Crippen molar-refractivity contribution in [1.82, 2.24) is 0 Å². The summed E-state index contributed by atoms with van der Waals surface area (Å²) in [5, 5.41) is 0. The molecule has 0 spiro atoms. The lowest BCUT2D eigenvalue weighted by Crippen LogP contribution is -2.40. The Labute approximate surface area is 59.4 Å². The molecule has 1 fully saturated rings. The zero-order chi connectivity index (χ0) is 8.65. The number of halogens is 3. The molecule has 0 aromatic carbocycles. The van der Waals surface area contributed by atoms with Crippen molar-refractivity contribution in [3.63, 3.8) is 0 Å². The average molecular weight is 168 g/mol.